The summed E-state index contributed by atoms with van der Waals surface area (Å²) in [6, 6.07) is 4.89. The maximum Gasteiger partial charge on any atom is 0.148 e. The highest BCUT2D eigenvalue weighted by atomic mass is 79.9. The molecule has 0 fully saturated rings. The van der Waals surface area contributed by atoms with Gasteiger partial charge < -0.3 is 4.57 Å². The van der Waals surface area contributed by atoms with Crippen molar-refractivity contribution in [2.45, 2.75) is 0 Å². The Balaban J connectivity index is 2.52. The van der Waals surface area contributed by atoms with Gasteiger partial charge in [-0.2, -0.15) is 0 Å². The topological polar surface area (TPSA) is 17.8 Å². The van der Waals surface area contributed by atoms with Crippen LogP contribution < -0.4 is 0 Å². The van der Waals surface area contributed by atoms with Crippen LogP contribution in [-0.2, 0) is 0 Å². The quantitative estimate of drug-likeness (QED) is 0.786. The Kier molecular flexibility index (Phi) is 2.69. The number of rotatable bonds is 1. The van der Waals surface area contributed by atoms with Gasteiger partial charge in [-0.15, -0.1) is 0 Å². The van der Waals surface area contributed by atoms with E-state index < -0.39 is 0 Å². The van der Waals surface area contributed by atoms with Gasteiger partial charge in [-0.1, -0.05) is 15.9 Å². The van der Waals surface area contributed by atoms with E-state index >= 15 is 0 Å². The van der Waals surface area contributed by atoms with Crippen molar-refractivity contribution >= 4 is 31.9 Å². The van der Waals surface area contributed by atoms with Gasteiger partial charge in [0, 0.05) is 10.7 Å². The van der Waals surface area contributed by atoms with Crippen LogP contribution in [0.4, 0.5) is 4.39 Å². The number of benzene rings is 1. The highest BCUT2D eigenvalue weighted by molar-refractivity contribution is 9.10. The third kappa shape index (κ3) is 1.88. The lowest BCUT2D eigenvalue weighted by Crippen LogP contribution is -1.93. The summed E-state index contributed by atoms with van der Waals surface area (Å²) in [5.74, 6) is -0.288. The van der Waals surface area contributed by atoms with Gasteiger partial charge in [0.25, 0.3) is 0 Å². The molecule has 1 aromatic carbocycles. The summed E-state index contributed by atoms with van der Waals surface area (Å²) in [5, 5.41) is 0. The second kappa shape index (κ2) is 3.82. The molecular formula is C9H5Br2FN2. The minimum Gasteiger partial charge on any atom is -0.302 e. The molecule has 1 aromatic heterocycles. The van der Waals surface area contributed by atoms with E-state index in [0.717, 1.165) is 4.47 Å². The lowest BCUT2D eigenvalue weighted by molar-refractivity contribution is 0.617. The van der Waals surface area contributed by atoms with Crippen LogP contribution in [-0.4, -0.2) is 9.55 Å². The monoisotopic (exact) mass is 318 g/mol. The molecule has 72 valence electrons. The molecule has 0 N–H and O–H groups in total. The molecule has 2 rings (SSSR count). The number of imidazole rings is 1. The molecule has 1 heterocycles. The SMILES string of the molecule is Fc1cc(Br)ccc1-n1cnc(Br)c1. The average molecular weight is 320 g/mol. The summed E-state index contributed by atoms with van der Waals surface area (Å²) >= 11 is 6.40. The Bertz CT molecular complexity index is 468. The summed E-state index contributed by atoms with van der Waals surface area (Å²) in [4.78, 5) is 3.96. The standard InChI is InChI=1S/C9H5Br2FN2/c10-6-1-2-8(7(12)3-6)14-4-9(11)13-5-14/h1-5H. The summed E-state index contributed by atoms with van der Waals surface area (Å²) in [6.45, 7) is 0. The van der Waals surface area contributed by atoms with Crippen molar-refractivity contribution < 1.29 is 4.39 Å². The Hall–Kier alpha value is -0.680. The van der Waals surface area contributed by atoms with Gasteiger partial charge in [0.1, 0.15) is 16.7 Å². The average Bonchev–Trinajstić information content (AvgIpc) is 2.51. The zero-order chi connectivity index (χ0) is 10.1. The highest BCUT2D eigenvalue weighted by Crippen LogP contribution is 2.19. The van der Waals surface area contributed by atoms with Gasteiger partial charge in [0.15, 0.2) is 0 Å². The Morgan fingerprint density at radius 1 is 1.29 bits per heavy atom. The predicted molar refractivity (Wildman–Crippen MR) is 58.9 cm³/mol. The molecule has 0 radical (unpaired) electrons. The second-order valence-electron chi connectivity index (χ2n) is 2.70. The molecule has 0 saturated heterocycles. The van der Waals surface area contributed by atoms with Gasteiger partial charge in [-0.25, -0.2) is 9.37 Å². The van der Waals surface area contributed by atoms with Gasteiger partial charge in [-0.05, 0) is 34.1 Å². The molecule has 14 heavy (non-hydrogen) atoms. The van der Waals surface area contributed by atoms with Crippen LogP contribution in [0.15, 0.2) is 39.8 Å². The number of nitrogens with zero attached hydrogens (tertiary/aromatic N) is 2. The maximum atomic E-state index is 13.5. The zero-order valence-electron chi connectivity index (χ0n) is 6.92. The third-order valence-corrected chi connectivity index (χ3v) is 2.64. The van der Waals surface area contributed by atoms with Crippen molar-refractivity contribution in [3.05, 3.63) is 45.6 Å². The van der Waals surface area contributed by atoms with E-state index in [1.807, 2.05) is 0 Å². The third-order valence-electron chi connectivity index (χ3n) is 1.74. The van der Waals surface area contributed by atoms with Crippen LogP contribution in [0, 0.1) is 5.82 Å². The summed E-state index contributed by atoms with van der Waals surface area (Å²) in [6.07, 6.45) is 3.25. The van der Waals surface area contributed by atoms with Crippen LogP contribution >= 0.6 is 31.9 Å². The van der Waals surface area contributed by atoms with E-state index in [4.69, 9.17) is 0 Å². The molecule has 0 aliphatic rings. The lowest BCUT2D eigenvalue weighted by atomic mass is 10.3. The predicted octanol–water partition coefficient (Wildman–Crippen LogP) is 3.54. The van der Waals surface area contributed by atoms with E-state index in [0.29, 0.717) is 10.3 Å². The molecule has 2 aromatic rings. The molecule has 0 atom stereocenters. The first-order chi connectivity index (χ1) is 6.66. The number of hydrogen-bond acceptors (Lipinski definition) is 1. The molecule has 0 amide bonds. The van der Waals surface area contributed by atoms with Gasteiger partial charge in [0.2, 0.25) is 0 Å². The summed E-state index contributed by atoms with van der Waals surface area (Å²) < 4.78 is 16.5. The Morgan fingerprint density at radius 2 is 2.07 bits per heavy atom. The number of halogens is 3. The van der Waals surface area contributed by atoms with Gasteiger partial charge in [0.05, 0.1) is 5.69 Å². The van der Waals surface area contributed by atoms with Crippen molar-refractivity contribution in [2.75, 3.05) is 0 Å². The van der Waals surface area contributed by atoms with Crippen molar-refractivity contribution in [3.8, 4) is 5.69 Å². The first-order valence-electron chi connectivity index (χ1n) is 3.82. The van der Waals surface area contributed by atoms with E-state index in [1.165, 1.54) is 6.07 Å². The highest BCUT2D eigenvalue weighted by Gasteiger charge is 2.05. The molecule has 0 bridgehead atoms. The smallest absolute Gasteiger partial charge is 0.148 e. The molecule has 2 nitrogen and oxygen atoms in total. The van der Waals surface area contributed by atoms with Crippen molar-refractivity contribution in [3.63, 3.8) is 0 Å². The minimum absolute atomic E-state index is 0.288. The largest absolute Gasteiger partial charge is 0.302 e. The zero-order valence-corrected chi connectivity index (χ0v) is 10.1. The number of hydrogen-bond donors (Lipinski definition) is 0. The van der Waals surface area contributed by atoms with E-state index in [9.17, 15) is 4.39 Å². The fourth-order valence-corrected chi connectivity index (χ4v) is 1.77. The molecule has 0 aliphatic heterocycles. The van der Waals surface area contributed by atoms with Crippen molar-refractivity contribution in [2.24, 2.45) is 0 Å². The Morgan fingerprint density at radius 3 is 2.64 bits per heavy atom. The number of aromatic nitrogens is 2. The van der Waals surface area contributed by atoms with E-state index in [2.05, 4.69) is 36.8 Å². The normalized spacial score (nSPS) is 10.5. The van der Waals surface area contributed by atoms with Crippen molar-refractivity contribution in [1.82, 2.24) is 9.55 Å². The van der Waals surface area contributed by atoms with Crippen LogP contribution in [0.3, 0.4) is 0 Å². The van der Waals surface area contributed by atoms with Crippen molar-refractivity contribution in [1.29, 1.82) is 0 Å². The molecule has 5 heteroatoms. The molecule has 0 spiro atoms. The molecule has 0 saturated carbocycles. The lowest BCUT2D eigenvalue weighted by Gasteiger charge is -2.03. The summed E-state index contributed by atoms with van der Waals surface area (Å²) in [5.41, 5.74) is 0.478. The van der Waals surface area contributed by atoms with Crippen LogP contribution in [0.25, 0.3) is 5.69 Å². The van der Waals surface area contributed by atoms with E-state index in [1.54, 1.807) is 29.2 Å². The molecular weight excluding hydrogens is 315 g/mol. The van der Waals surface area contributed by atoms with Crippen LogP contribution in [0.5, 0.6) is 0 Å². The maximum absolute atomic E-state index is 13.5. The van der Waals surface area contributed by atoms with Crippen LogP contribution in [0.2, 0.25) is 0 Å². The minimum atomic E-state index is -0.288. The molecule has 0 unspecified atom stereocenters. The first-order valence-corrected chi connectivity index (χ1v) is 5.40. The van der Waals surface area contributed by atoms with E-state index in [-0.39, 0.29) is 5.82 Å². The molecule has 0 aliphatic carbocycles. The summed E-state index contributed by atoms with van der Waals surface area (Å²) in [7, 11) is 0. The fourth-order valence-electron chi connectivity index (χ4n) is 1.12. The van der Waals surface area contributed by atoms with Gasteiger partial charge in [-0.3, -0.25) is 0 Å². The first kappa shape index (κ1) is 9.86. The fraction of sp³-hybridized carbons (Fsp3) is 0. The van der Waals surface area contributed by atoms with Gasteiger partial charge >= 0.3 is 0 Å². The Labute approximate surface area is 97.0 Å². The second-order valence-corrected chi connectivity index (χ2v) is 4.43. The van der Waals surface area contributed by atoms with Crippen LogP contribution in [0.1, 0.15) is 0 Å².